The third-order valence-electron chi connectivity index (χ3n) is 7.66. The molecule has 0 N–H and O–H groups in total. The SMILES string of the molecule is COc1cc(C2(CCC(=O)N3CC4CC[C@@H](C3)N4c3ccc(C#N)cn3)CCC2)ccn1. The van der Waals surface area contributed by atoms with Crippen molar-refractivity contribution in [2.45, 2.75) is 62.4 Å². The summed E-state index contributed by atoms with van der Waals surface area (Å²) in [6, 6.07) is 10.6. The molecular formula is C25H29N5O2. The molecular weight excluding hydrogens is 402 g/mol. The van der Waals surface area contributed by atoms with Crippen LogP contribution in [-0.4, -0.2) is 53.1 Å². The van der Waals surface area contributed by atoms with Gasteiger partial charge in [-0.25, -0.2) is 9.97 Å². The van der Waals surface area contributed by atoms with Crippen LogP contribution in [0.4, 0.5) is 5.82 Å². The topological polar surface area (TPSA) is 82.4 Å². The average Bonchev–Trinajstić information content (AvgIpc) is 3.07. The van der Waals surface area contributed by atoms with Crippen molar-refractivity contribution in [1.82, 2.24) is 14.9 Å². The summed E-state index contributed by atoms with van der Waals surface area (Å²) in [6.45, 7) is 1.51. The molecule has 2 saturated heterocycles. The van der Waals surface area contributed by atoms with Crippen LogP contribution in [0.25, 0.3) is 0 Å². The molecule has 166 valence electrons. The summed E-state index contributed by atoms with van der Waals surface area (Å²) < 4.78 is 5.32. The van der Waals surface area contributed by atoms with E-state index < -0.39 is 0 Å². The quantitative estimate of drug-likeness (QED) is 0.697. The molecule has 2 aliphatic heterocycles. The van der Waals surface area contributed by atoms with Crippen LogP contribution in [0.1, 0.15) is 56.1 Å². The number of ether oxygens (including phenoxy) is 1. The molecule has 1 unspecified atom stereocenters. The molecule has 2 bridgehead atoms. The number of pyridine rings is 2. The van der Waals surface area contributed by atoms with E-state index in [0.717, 1.165) is 51.0 Å². The van der Waals surface area contributed by atoms with Crippen LogP contribution in [0.5, 0.6) is 5.88 Å². The van der Waals surface area contributed by atoms with Crippen molar-refractivity contribution in [1.29, 1.82) is 5.26 Å². The molecule has 0 aromatic carbocycles. The number of rotatable bonds is 6. The van der Waals surface area contributed by atoms with Gasteiger partial charge in [0.2, 0.25) is 11.8 Å². The van der Waals surface area contributed by atoms with Gasteiger partial charge in [-0.3, -0.25) is 4.79 Å². The Morgan fingerprint density at radius 2 is 2.00 bits per heavy atom. The number of fused-ring (bicyclic) bond motifs is 2. The summed E-state index contributed by atoms with van der Waals surface area (Å²) in [5, 5.41) is 9.02. The molecule has 5 rings (SSSR count). The lowest BCUT2D eigenvalue weighted by molar-refractivity contribution is -0.132. The molecule has 0 radical (unpaired) electrons. The first kappa shape index (κ1) is 20.7. The maximum Gasteiger partial charge on any atom is 0.222 e. The van der Waals surface area contributed by atoms with Crippen LogP contribution in [0.2, 0.25) is 0 Å². The molecule has 1 aliphatic carbocycles. The number of amides is 1. The number of nitriles is 1. The van der Waals surface area contributed by atoms with Crippen LogP contribution >= 0.6 is 0 Å². The monoisotopic (exact) mass is 431 g/mol. The van der Waals surface area contributed by atoms with E-state index in [-0.39, 0.29) is 11.3 Å². The van der Waals surface area contributed by atoms with Crippen LogP contribution in [0, 0.1) is 11.3 Å². The summed E-state index contributed by atoms with van der Waals surface area (Å²) in [5.41, 5.74) is 1.91. The van der Waals surface area contributed by atoms with E-state index in [1.807, 2.05) is 24.4 Å². The highest BCUT2D eigenvalue weighted by Crippen LogP contribution is 2.48. The molecule has 2 aromatic heterocycles. The van der Waals surface area contributed by atoms with Crippen molar-refractivity contribution < 1.29 is 9.53 Å². The van der Waals surface area contributed by atoms with Crippen molar-refractivity contribution in [2.24, 2.45) is 0 Å². The van der Waals surface area contributed by atoms with Gasteiger partial charge in [0, 0.05) is 50.1 Å². The number of methoxy groups -OCH3 is 1. The lowest BCUT2D eigenvalue weighted by Gasteiger charge is -2.44. The number of carbonyl (C=O) groups is 1. The molecule has 0 spiro atoms. The van der Waals surface area contributed by atoms with Gasteiger partial charge < -0.3 is 14.5 Å². The smallest absolute Gasteiger partial charge is 0.222 e. The minimum Gasteiger partial charge on any atom is -0.481 e. The maximum atomic E-state index is 13.2. The van der Waals surface area contributed by atoms with Crippen molar-refractivity contribution in [3.05, 3.63) is 47.8 Å². The number of aromatic nitrogens is 2. The normalized spacial score (nSPS) is 23.4. The molecule has 32 heavy (non-hydrogen) atoms. The Morgan fingerprint density at radius 1 is 1.22 bits per heavy atom. The molecule has 3 fully saturated rings. The third kappa shape index (κ3) is 3.68. The largest absolute Gasteiger partial charge is 0.481 e. The number of hydrogen-bond donors (Lipinski definition) is 0. The zero-order valence-corrected chi connectivity index (χ0v) is 18.5. The summed E-state index contributed by atoms with van der Waals surface area (Å²) >= 11 is 0. The second-order valence-electron chi connectivity index (χ2n) is 9.33. The summed E-state index contributed by atoms with van der Waals surface area (Å²) in [7, 11) is 1.64. The second kappa shape index (κ2) is 8.42. The lowest BCUT2D eigenvalue weighted by atomic mass is 9.62. The van der Waals surface area contributed by atoms with Gasteiger partial charge >= 0.3 is 0 Å². The Balaban J connectivity index is 1.23. The average molecular weight is 432 g/mol. The lowest BCUT2D eigenvalue weighted by Crippen LogP contribution is -2.56. The fourth-order valence-electron chi connectivity index (χ4n) is 5.73. The Kier molecular flexibility index (Phi) is 5.46. The molecule has 1 saturated carbocycles. The number of anilines is 1. The van der Waals surface area contributed by atoms with Gasteiger partial charge in [0.15, 0.2) is 0 Å². The van der Waals surface area contributed by atoms with Crippen LogP contribution in [0.3, 0.4) is 0 Å². The number of likely N-dealkylation sites (tertiary alicyclic amines) is 1. The number of carbonyl (C=O) groups excluding carboxylic acids is 1. The van der Waals surface area contributed by atoms with Crippen molar-refractivity contribution in [2.75, 3.05) is 25.1 Å². The molecule has 1 amide bonds. The van der Waals surface area contributed by atoms with Crippen molar-refractivity contribution in [3.8, 4) is 11.9 Å². The molecule has 2 atom stereocenters. The molecule has 4 heterocycles. The minimum absolute atomic E-state index is 0.0824. The predicted molar refractivity (Wildman–Crippen MR) is 120 cm³/mol. The summed E-state index contributed by atoms with van der Waals surface area (Å²) in [5.74, 6) is 1.83. The van der Waals surface area contributed by atoms with Gasteiger partial charge in [0.25, 0.3) is 0 Å². The van der Waals surface area contributed by atoms with Gasteiger partial charge in [-0.05, 0) is 61.3 Å². The molecule has 2 aromatic rings. The zero-order valence-electron chi connectivity index (χ0n) is 18.5. The van der Waals surface area contributed by atoms with Gasteiger partial charge in [0.05, 0.1) is 12.7 Å². The molecule has 7 heteroatoms. The molecule has 3 aliphatic rings. The predicted octanol–water partition coefficient (Wildman–Crippen LogP) is 3.44. The first-order valence-electron chi connectivity index (χ1n) is 11.5. The molecule has 7 nitrogen and oxygen atoms in total. The Labute approximate surface area is 189 Å². The van der Waals surface area contributed by atoms with E-state index in [9.17, 15) is 4.79 Å². The zero-order chi connectivity index (χ0) is 22.1. The van der Waals surface area contributed by atoms with Crippen molar-refractivity contribution in [3.63, 3.8) is 0 Å². The van der Waals surface area contributed by atoms with E-state index in [0.29, 0.717) is 29.9 Å². The third-order valence-corrected chi connectivity index (χ3v) is 7.66. The first-order valence-corrected chi connectivity index (χ1v) is 11.5. The van der Waals surface area contributed by atoms with E-state index >= 15 is 0 Å². The Hall–Kier alpha value is -3.14. The number of nitrogens with zero attached hydrogens (tertiary/aromatic N) is 5. The highest BCUT2D eigenvalue weighted by Gasteiger charge is 2.43. The minimum atomic E-state index is 0.0824. The number of piperazine rings is 1. The summed E-state index contributed by atoms with van der Waals surface area (Å²) in [4.78, 5) is 26.4. The van der Waals surface area contributed by atoms with Gasteiger partial charge in [-0.2, -0.15) is 5.26 Å². The standard InChI is InChI=1S/C25H29N5O2/c1-32-23-13-19(8-12-27-23)25(9-2-10-25)11-7-24(31)29-16-20-4-5-21(17-29)30(20)22-6-3-18(14-26)15-28-22/h3,6,8,12-13,15,20-21H,2,4-5,7,9-11,16-17H2,1H3/t20-,21?/m0/s1. The van der Waals surface area contributed by atoms with Gasteiger partial charge in [-0.15, -0.1) is 0 Å². The Morgan fingerprint density at radius 3 is 2.59 bits per heavy atom. The Bertz CT molecular complexity index is 1010. The van der Waals surface area contributed by atoms with E-state index in [2.05, 4.69) is 31.9 Å². The fourth-order valence-corrected chi connectivity index (χ4v) is 5.73. The highest BCUT2D eigenvalue weighted by atomic mass is 16.5. The van der Waals surface area contributed by atoms with E-state index in [4.69, 9.17) is 10.00 Å². The second-order valence-corrected chi connectivity index (χ2v) is 9.33. The van der Waals surface area contributed by atoms with E-state index in [1.165, 1.54) is 12.0 Å². The first-order chi connectivity index (χ1) is 15.6. The van der Waals surface area contributed by atoms with Crippen LogP contribution in [0.15, 0.2) is 36.7 Å². The van der Waals surface area contributed by atoms with Gasteiger partial charge in [-0.1, -0.05) is 6.42 Å². The van der Waals surface area contributed by atoms with Crippen LogP contribution in [-0.2, 0) is 10.2 Å². The fraction of sp³-hybridized carbons (Fsp3) is 0.520. The highest BCUT2D eigenvalue weighted by molar-refractivity contribution is 5.77. The summed E-state index contributed by atoms with van der Waals surface area (Å²) in [6.07, 6.45) is 10.5. The van der Waals surface area contributed by atoms with Crippen LogP contribution < -0.4 is 9.64 Å². The maximum absolute atomic E-state index is 13.2. The van der Waals surface area contributed by atoms with E-state index in [1.54, 1.807) is 13.3 Å². The number of hydrogen-bond acceptors (Lipinski definition) is 6. The van der Waals surface area contributed by atoms with Gasteiger partial charge in [0.1, 0.15) is 11.9 Å². The van der Waals surface area contributed by atoms with Crippen molar-refractivity contribution >= 4 is 11.7 Å².